The minimum atomic E-state index is -1.04. The number of rotatable bonds is 8. The fraction of sp³-hybridized carbons (Fsp3) is 0.250. The van der Waals surface area contributed by atoms with E-state index < -0.39 is 23.2 Å². The summed E-state index contributed by atoms with van der Waals surface area (Å²) in [7, 11) is 1.19. The first-order chi connectivity index (χ1) is 16.3. The highest BCUT2D eigenvalue weighted by Gasteiger charge is 2.41. The normalized spacial score (nSPS) is 15.3. The van der Waals surface area contributed by atoms with Crippen LogP contribution in [-0.2, 0) is 20.9 Å². The number of hydrogen-bond acceptors (Lipinski definition) is 8. The number of halogens is 1. The van der Waals surface area contributed by atoms with Crippen molar-refractivity contribution < 1.29 is 28.6 Å². The molecule has 1 saturated heterocycles. The molecule has 8 nitrogen and oxygen atoms in total. The first kappa shape index (κ1) is 25.1. The smallest absolute Gasteiger partial charge is 0.328 e. The Hall–Kier alpha value is -3.48. The van der Waals surface area contributed by atoms with E-state index in [0.717, 1.165) is 16.7 Å². The molecule has 0 saturated carbocycles. The molecule has 0 aromatic heterocycles. The summed E-state index contributed by atoms with van der Waals surface area (Å²) in [6.45, 7) is 3.66. The lowest BCUT2D eigenvalue weighted by atomic mass is 10.1. The van der Waals surface area contributed by atoms with Crippen molar-refractivity contribution in [3.05, 3.63) is 63.0 Å². The van der Waals surface area contributed by atoms with Gasteiger partial charge in [-0.05, 0) is 55.4 Å². The van der Waals surface area contributed by atoms with Gasteiger partial charge in [-0.25, -0.2) is 4.79 Å². The molecule has 34 heavy (non-hydrogen) atoms. The quantitative estimate of drug-likeness (QED) is 0.376. The van der Waals surface area contributed by atoms with Crippen LogP contribution < -0.4 is 9.47 Å². The summed E-state index contributed by atoms with van der Waals surface area (Å²) in [5, 5.41) is 8.94. The number of amides is 2. The van der Waals surface area contributed by atoms with Crippen LogP contribution in [0.25, 0.3) is 6.08 Å². The Bertz CT molecular complexity index is 1210. The molecule has 10 heteroatoms. The van der Waals surface area contributed by atoms with Crippen LogP contribution in [0.5, 0.6) is 11.5 Å². The van der Waals surface area contributed by atoms with Gasteiger partial charge in [-0.3, -0.25) is 14.5 Å². The number of carbonyl (C=O) groups excluding carboxylic acids is 3. The van der Waals surface area contributed by atoms with Crippen LogP contribution in [0.15, 0.2) is 41.3 Å². The lowest BCUT2D eigenvalue weighted by Crippen LogP contribution is -2.42. The Labute approximate surface area is 206 Å². The third-order valence-electron chi connectivity index (χ3n) is 4.89. The lowest BCUT2D eigenvalue weighted by molar-refractivity contribution is -0.148. The Kier molecular flexibility index (Phi) is 8.21. The molecular weight excluding hydrogens is 480 g/mol. The highest BCUT2D eigenvalue weighted by atomic mass is 35.5. The molecule has 1 aliphatic rings. The zero-order chi connectivity index (χ0) is 24.8. The van der Waals surface area contributed by atoms with Gasteiger partial charge in [-0.1, -0.05) is 29.8 Å². The van der Waals surface area contributed by atoms with Crippen LogP contribution in [0.2, 0.25) is 5.02 Å². The van der Waals surface area contributed by atoms with E-state index in [-0.39, 0.29) is 16.5 Å². The number of nitriles is 1. The standard InChI is InChI=1S/C24H21ClN2O6S/c1-4-32-19-10-15(11-20-22(28)27(24(30)34-20)14(2)23(29)31-3)9-18(25)21(19)33-13-17-8-6-5-7-16(17)12-26/h5-11,14H,4,13H2,1-3H3/b20-11+/t14-/m1/s1. The maximum Gasteiger partial charge on any atom is 0.328 e. The highest BCUT2D eigenvalue weighted by molar-refractivity contribution is 8.18. The number of methoxy groups -OCH3 is 1. The highest BCUT2D eigenvalue weighted by Crippen LogP contribution is 2.40. The molecule has 1 fully saturated rings. The van der Waals surface area contributed by atoms with Gasteiger partial charge in [-0.2, -0.15) is 5.26 Å². The van der Waals surface area contributed by atoms with E-state index in [2.05, 4.69) is 10.8 Å². The van der Waals surface area contributed by atoms with Crippen molar-refractivity contribution in [3.8, 4) is 17.6 Å². The van der Waals surface area contributed by atoms with Gasteiger partial charge in [0.2, 0.25) is 0 Å². The summed E-state index contributed by atoms with van der Waals surface area (Å²) in [6.07, 6.45) is 1.50. The van der Waals surface area contributed by atoms with Crippen LogP contribution in [-0.4, -0.2) is 41.8 Å². The van der Waals surface area contributed by atoms with Crippen LogP contribution in [0.4, 0.5) is 4.79 Å². The predicted molar refractivity (Wildman–Crippen MR) is 127 cm³/mol. The minimum absolute atomic E-state index is 0.104. The van der Waals surface area contributed by atoms with E-state index in [1.807, 2.05) is 6.07 Å². The Morgan fingerprint density at radius 1 is 1.26 bits per heavy atom. The number of benzene rings is 2. The minimum Gasteiger partial charge on any atom is -0.490 e. The van der Waals surface area contributed by atoms with Gasteiger partial charge in [0, 0.05) is 5.56 Å². The zero-order valence-electron chi connectivity index (χ0n) is 18.7. The SMILES string of the molecule is CCOc1cc(/C=C2/SC(=O)N([C@H](C)C(=O)OC)C2=O)cc(Cl)c1OCc1ccccc1C#N. The number of carbonyl (C=O) groups is 3. The van der Waals surface area contributed by atoms with Crippen molar-refractivity contribution in [2.75, 3.05) is 13.7 Å². The van der Waals surface area contributed by atoms with Crippen molar-refractivity contribution in [2.24, 2.45) is 0 Å². The van der Waals surface area contributed by atoms with Gasteiger partial charge in [0.05, 0.1) is 35.3 Å². The second-order valence-electron chi connectivity index (χ2n) is 7.07. The van der Waals surface area contributed by atoms with Crippen LogP contribution in [0, 0.1) is 11.3 Å². The summed E-state index contributed by atoms with van der Waals surface area (Å²) >= 11 is 7.19. The molecule has 2 amide bonds. The average molecular weight is 501 g/mol. The van der Waals surface area contributed by atoms with Crippen LogP contribution >= 0.6 is 23.4 Å². The van der Waals surface area contributed by atoms with Crippen molar-refractivity contribution in [2.45, 2.75) is 26.5 Å². The molecule has 1 atom stereocenters. The first-order valence-electron chi connectivity index (χ1n) is 10.2. The van der Waals surface area contributed by atoms with Crippen LogP contribution in [0.3, 0.4) is 0 Å². The lowest BCUT2D eigenvalue weighted by Gasteiger charge is -2.18. The van der Waals surface area contributed by atoms with Gasteiger partial charge in [-0.15, -0.1) is 0 Å². The molecule has 0 N–H and O–H groups in total. The van der Waals surface area contributed by atoms with Gasteiger partial charge in [0.15, 0.2) is 11.5 Å². The summed E-state index contributed by atoms with van der Waals surface area (Å²) in [4.78, 5) is 37.9. The number of hydrogen-bond donors (Lipinski definition) is 0. The van der Waals surface area contributed by atoms with E-state index >= 15 is 0 Å². The number of esters is 1. The monoisotopic (exact) mass is 500 g/mol. The van der Waals surface area contributed by atoms with E-state index in [1.54, 1.807) is 37.3 Å². The zero-order valence-corrected chi connectivity index (χ0v) is 20.2. The fourth-order valence-corrected chi connectivity index (χ4v) is 4.40. The molecule has 1 heterocycles. The van der Waals surface area contributed by atoms with Crippen LogP contribution in [0.1, 0.15) is 30.5 Å². The molecule has 0 aliphatic carbocycles. The molecule has 3 rings (SSSR count). The number of imide groups is 1. The van der Waals surface area contributed by atoms with Crippen molar-refractivity contribution >= 4 is 46.6 Å². The number of nitrogens with zero attached hydrogens (tertiary/aromatic N) is 2. The summed E-state index contributed by atoms with van der Waals surface area (Å²) in [5.74, 6) is -0.654. The van der Waals surface area contributed by atoms with Crippen molar-refractivity contribution in [1.82, 2.24) is 4.90 Å². The molecule has 176 valence electrons. The fourth-order valence-electron chi connectivity index (χ4n) is 3.22. The summed E-state index contributed by atoms with van der Waals surface area (Å²) in [6, 6.07) is 11.3. The Morgan fingerprint density at radius 2 is 2.00 bits per heavy atom. The molecule has 2 aromatic carbocycles. The second kappa shape index (κ2) is 11.1. The van der Waals surface area contributed by atoms with E-state index in [1.165, 1.54) is 20.1 Å². The molecule has 0 spiro atoms. The number of ether oxygens (including phenoxy) is 3. The largest absolute Gasteiger partial charge is 0.490 e. The molecule has 0 radical (unpaired) electrons. The third-order valence-corrected chi connectivity index (χ3v) is 6.06. The molecule has 1 aliphatic heterocycles. The Balaban J connectivity index is 1.89. The second-order valence-corrected chi connectivity index (χ2v) is 8.47. The maximum absolute atomic E-state index is 12.8. The molecular formula is C24H21ClN2O6S. The van der Waals surface area contributed by atoms with Gasteiger partial charge in [0.1, 0.15) is 12.6 Å². The maximum atomic E-state index is 12.8. The van der Waals surface area contributed by atoms with Crippen molar-refractivity contribution in [1.29, 1.82) is 5.26 Å². The first-order valence-corrected chi connectivity index (χ1v) is 11.4. The number of thioether (sulfide) groups is 1. The molecule has 2 aromatic rings. The van der Waals surface area contributed by atoms with E-state index in [0.29, 0.717) is 34.8 Å². The van der Waals surface area contributed by atoms with Gasteiger partial charge in [0.25, 0.3) is 11.1 Å². The van der Waals surface area contributed by atoms with E-state index in [4.69, 9.17) is 21.1 Å². The van der Waals surface area contributed by atoms with Crippen molar-refractivity contribution in [3.63, 3.8) is 0 Å². The topological polar surface area (TPSA) is 106 Å². The predicted octanol–water partition coefficient (Wildman–Crippen LogP) is 4.79. The average Bonchev–Trinajstić information content (AvgIpc) is 3.10. The summed E-state index contributed by atoms with van der Waals surface area (Å²) in [5.41, 5.74) is 1.69. The Morgan fingerprint density at radius 3 is 2.68 bits per heavy atom. The molecule has 0 unspecified atom stereocenters. The molecule has 0 bridgehead atoms. The van der Waals surface area contributed by atoms with E-state index in [9.17, 15) is 19.6 Å². The third kappa shape index (κ3) is 5.35. The van der Waals surface area contributed by atoms with Gasteiger partial charge < -0.3 is 14.2 Å². The van der Waals surface area contributed by atoms with Gasteiger partial charge >= 0.3 is 5.97 Å². The summed E-state index contributed by atoms with van der Waals surface area (Å²) < 4.78 is 16.2.